The lowest BCUT2D eigenvalue weighted by molar-refractivity contribution is 0.198. The Balaban J connectivity index is 2.75. The van der Waals surface area contributed by atoms with E-state index >= 15 is 0 Å². The fraction of sp³-hybridized carbons (Fsp3) is 0.500. The summed E-state index contributed by atoms with van der Waals surface area (Å²) in [7, 11) is 0. The van der Waals surface area contributed by atoms with Gasteiger partial charge in [0, 0.05) is 0 Å². The van der Waals surface area contributed by atoms with Crippen LogP contribution in [0.25, 0.3) is 0 Å². The van der Waals surface area contributed by atoms with Crippen molar-refractivity contribution >= 4 is 0 Å². The number of aliphatic hydroxyl groups excluding tert-OH is 1. The molecule has 0 aromatic heterocycles. The molecule has 0 saturated carbocycles. The molecule has 84 valence electrons. The van der Waals surface area contributed by atoms with Gasteiger partial charge in [-0.25, -0.2) is 4.39 Å². The molecule has 0 aliphatic rings. The Labute approximate surface area is 89.7 Å². The first-order valence-corrected chi connectivity index (χ1v) is 5.11. The zero-order valence-electron chi connectivity index (χ0n) is 9.33. The van der Waals surface area contributed by atoms with Gasteiger partial charge >= 0.3 is 0 Å². The van der Waals surface area contributed by atoms with Crippen molar-refractivity contribution in [1.29, 1.82) is 0 Å². The smallest absolute Gasteiger partial charge is 0.165 e. The minimum absolute atomic E-state index is 0.244. The Bertz CT molecular complexity index is 321. The highest BCUT2D eigenvalue weighted by atomic mass is 19.1. The molecule has 1 aromatic carbocycles. The molecule has 0 amide bonds. The summed E-state index contributed by atoms with van der Waals surface area (Å²) in [5, 5.41) is 9.25. The van der Waals surface area contributed by atoms with Gasteiger partial charge in [-0.1, -0.05) is 19.9 Å². The first-order chi connectivity index (χ1) is 7.00. The van der Waals surface area contributed by atoms with E-state index in [1.807, 2.05) is 13.8 Å². The molecule has 0 fully saturated rings. The van der Waals surface area contributed by atoms with Crippen molar-refractivity contribution in [1.82, 2.24) is 0 Å². The molecule has 15 heavy (non-hydrogen) atoms. The summed E-state index contributed by atoms with van der Waals surface area (Å²) in [6.07, 6.45) is -0.654. The topological polar surface area (TPSA) is 29.5 Å². The van der Waals surface area contributed by atoms with Crippen LogP contribution < -0.4 is 4.74 Å². The first kappa shape index (κ1) is 12.0. The summed E-state index contributed by atoms with van der Waals surface area (Å²) in [6.45, 7) is 6.10. The van der Waals surface area contributed by atoms with Gasteiger partial charge in [0.1, 0.15) is 0 Å². The van der Waals surface area contributed by atoms with E-state index in [0.29, 0.717) is 18.1 Å². The highest BCUT2D eigenvalue weighted by Crippen LogP contribution is 2.22. The van der Waals surface area contributed by atoms with Crippen molar-refractivity contribution in [3.63, 3.8) is 0 Å². The Kier molecular flexibility index (Phi) is 4.09. The molecule has 1 rings (SSSR count). The van der Waals surface area contributed by atoms with E-state index < -0.39 is 11.9 Å². The molecular weight excluding hydrogens is 195 g/mol. The third-order valence-electron chi connectivity index (χ3n) is 2.01. The van der Waals surface area contributed by atoms with E-state index in [1.54, 1.807) is 19.1 Å². The van der Waals surface area contributed by atoms with E-state index in [2.05, 4.69) is 0 Å². The number of aliphatic hydroxyl groups is 1. The van der Waals surface area contributed by atoms with Crippen molar-refractivity contribution in [3.8, 4) is 5.75 Å². The molecule has 1 aromatic rings. The van der Waals surface area contributed by atoms with E-state index in [0.717, 1.165) is 0 Å². The van der Waals surface area contributed by atoms with Gasteiger partial charge in [-0.05, 0) is 30.5 Å². The number of ether oxygens (including phenoxy) is 1. The van der Waals surface area contributed by atoms with E-state index in [-0.39, 0.29) is 5.75 Å². The van der Waals surface area contributed by atoms with Crippen molar-refractivity contribution in [2.24, 2.45) is 5.92 Å². The maximum absolute atomic E-state index is 13.4. The molecular formula is C12H17FO2. The standard InChI is InChI=1S/C12H17FO2/c1-8(2)7-15-12-5-4-10(9(3)14)6-11(12)13/h4-6,8-9,14H,7H2,1-3H3/t9-/m1/s1. The van der Waals surface area contributed by atoms with Crippen LogP contribution in [0.1, 0.15) is 32.4 Å². The molecule has 0 radical (unpaired) electrons. The van der Waals surface area contributed by atoms with Crippen LogP contribution in [0, 0.1) is 11.7 Å². The van der Waals surface area contributed by atoms with Gasteiger partial charge in [0.2, 0.25) is 0 Å². The SMILES string of the molecule is CC(C)COc1ccc([C@@H](C)O)cc1F. The molecule has 3 heteroatoms. The third kappa shape index (κ3) is 3.51. The van der Waals surface area contributed by atoms with Crippen LogP contribution in [0.5, 0.6) is 5.75 Å². The fourth-order valence-electron chi connectivity index (χ4n) is 1.15. The van der Waals surface area contributed by atoms with Gasteiger partial charge in [0.15, 0.2) is 11.6 Å². The van der Waals surface area contributed by atoms with Gasteiger partial charge in [-0.15, -0.1) is 0 Å². The molecule has 0 saturated heterocycles. The third-order valence-corrected chi connectivity index (χ3v) is 2.01. The van der Waals surface area contributed by atoms with Crippen LogP contribution in [-0.4, -0.2) is 11.7 Å². The van der Waals surface area contributed by atoms with E-state index in [9.17, 15) is 9.50 Å². The Morgan fingerprint density at radius 1 is 1.33 bits per heavy atom. The summed E-state index contributed by atoms with van der Waals surface area (Å²) in [6, 6.07) is 4.53. The second-order valence-corrected chi connectivity index (χ2v) is 4.07. The van der Waals surface area contributed by atoms with E-state index in [1.165, 1.54) is 6.07 Å². The predicted octanol–water partition coefficient (Wildman–Crippen LogP) is 2.91. The van der Waals surface area contributed by atoms with Crippen LogP contribution in [-0.2, 0) is 0 Å². The number of rotatable bonds is 4. The summed E-state index contributed by atoms with van der Waals surface area (Å²) in [4.78, 5) is 0. The normalized spacial score (nSPS) is 12.9. The van der Waals surface area contributed by atoms with Crippen LogP contribution in [0.2, 0.25) is 0 Å². The highest BCUT2D eigenvalue weighted by Gasteiger charge is 2.08. The fourth-order valence-corrected chi connectivity index (χ4v) is 1.15. The summed E-state index contributed by atoms with van der Waals surface area (Å²) < 4.78 is 18.7. The number of hydrogen-bond acceptors (Lipinski definition) is 2. The molecule has 0 unspecified atom stereocenters. The lowest BCUT2D eigenvalue weighted by atomic mass is 10.1. The Hall–Kier alpha value is -1.09. The lowest BCUT2D eigenvalue weighted by Gasteiger charge is -2.11. The largest absolute Gasteiger partial charge is 0.490 e. The molecule has 2 nitrogen and oxygen atoms in total. The number of halogens is 1. The van der Waals surface area contributed by atoms with Crippen LogP contribution in [0.15, 0.2) is 18.2 Å². The second kappa shape index (κ2) is 5.12. The molecule has 0 bridgehead atoms. The Morgan fingerprint density at radius 3 is 2.47 bits per heavy atom. The second-order valence-electron chi connectivity index (χ2n) is 4.07. The molecule has 0 heterocycles. The maximum atomic E-state index is 13.4. The van der Waals surface area contributed by atoms with Crippen LogP contribution in [0.4, 0.5) is 4.39 Å². The quantitative estimate of drug-likeness (QED) is 0.831. The summed E-state index contributed by atoms with van der Waals surface area (Å²) >= 11 is 0. The predicted molar refractivity (Wildman–Crippen MR) is 57.4 cm³/mol. The summed E-state index contributed by atoms with van der Waals surface area (Å²) in [5.41, 5.74) is 0.560. The minimum Gasteiger partial charge on any atom is -0.490 e. The van der Waals surface area contributed by atoms with Gasteiger partial charge in [0.05, 0.1) is 12.7 Å². The lowest BCUT2D eigenvalue weighted by Crippen LogP contribution is -2.06. The zero-order valence-corrected chi connectivity index (χ0v) is 9.33. The monoisotopic (exact) mass is 212 g/mol. The minimum atomic E-state index is -0.654. The molecule has 1 atom stereocenters. The molecule has 0 aliphatic heterocycles. The average molecular weight is 212 g/mol. The number of benzene rings is 1. The summed E-state index contributed by atoms with van der Waals surface area (Å²) in [5.74, 6) is 0.183. The first-order valence-electron chi connectivity index (χ1n) is 5.11. The van der Waals surface area contributed by atoms with Crippen molar-refractivity contribution in [3.05, 3.63) is 29.6 Å². The molecule has 0 aliphatic carbocycles. The molecule has 0 spiro atoms. The van der Waals surface area contributed by atoms with Crippen LogP contribution >= 0.6 is 0 Å². The van der Waals surface area contributed by atoms with Crippen molar-refractivity contribution in [2.45, 2.75) is 26.9 Å². The van der Waals surface area contributed by atoms with Gasteiger partial charge in [-0.3, -0.25) is 0 Å². The van der Waals surface area contributed by atoms with Gasteiger partial charge in [0.25, 0.3) is 0 Å². The molecule has 1 N–H and O–H groups in total. The van der Waals surface area contributed by atoms with Crippen molar-refractivity contribution in [2.75, 3.05) is 6.61 Å². The van der Waals surface area contributed by atoms with E-state index in [4.69, 9.17) is 4.74 Å². The van der Waals surface area contributed by atoms with Gasteiger partial charge < -0.3 is 9.84 Å². The zero-order chi connectivity index (χ0) is 11.4. The average Bonchev–Trinajstić information content (AvgIpc) is 2.15. The van der Waals surface area contributed by atoms with Crippen molar-refractivity contribution < 1.29 is 14.2 Å². The maximum Gasteiger partial charge on any atom is 0.165 e. The van der Waals surface area contributed by atoms with Crippen LogP contribution in [0.3, 0.4) is 0 Å². The highest BCUT2D eigenvalue weighted by molar-refractivity contribution is 5.30. The Morgan fingerprint density at radius 2 is 2.00 bits per heavy atom. The number of hydrogen-bond donors (Lipinski definition) is 1. The van der Waals surface area contributed by atoms with Gasteiger partial charge in [-0.2, -0.15) is 0 Å².